The van der Waals surface area contributed by atoms with E-state index in [-0.39, 0.29) is 12.5 Å². The molecular formula is C18H16Cl2N4O2. The standard InChI is InChI=1S/C18H16Cl2N4O2/c1-12-15(11-24(23-12)14-3-2-6-21-10-14)18(25)22-7-8-26-17-9-13(19)4-5-16(17)20/h2-6,9-11H,7-8H2,1H3,(H,22,25). The van der Waals surface area contributed by atoms with Crippen molar-refractivity contribution in [3.05, 3.63) is 70.2 Å². The molecule has 0 atom stereocenters. The highest BCUT2D eigenvalue weighted by Crippen LogP contribution is 2.27. The molecule has 134 valence electrons. The van der Waals surface area contributed by atoms with Gasteiger partial charge in [0.05, 0.1) is 34.7 Å². The lowest BCUT2D eigenvalue weighted by Gasteiger charge is -2.09. The largest absolute Gasteiger partial charge is 0.490 e. The number of carbonyl (C=O) groups is 1. The van der Waals surface area contributed by atoms with Crippen molar-refractivity contribution >= 4 is 29.1 Å². The van der Waals surface area contributed by atoms with Crippen LogP contribution in [0.3, 0.4) is 0 Å². The van der Waals surface area contributed by atoms with E-state index >= 15 is 0 Å². The van der Waals surface area contributed by atoms with Gasteiger partial charge in [0.1, 0.15) is 12.4 Å². The van der Waals surface area contributed by atoms with Crippen molar-refractivity contribution in [1.29, 1.82) is 0 Å². The predicted molar refractivity (Wildman–Crippen MR) is 100 cm³/mol. The molecule has 0 aliphatic rings. The number of nitrogens with zero attached hydrogens (tertiary/aromatic N) is 3. The van der Waals surface area contributed by atoms with Gasteiger partial charge in [0.2, 0.25) is 0 Å². The lowest BCUT2D eigenvalue weighted by molar-refractivity contribution is 0.0946. The molecule has 6 nitrogen and oxygen atoms in total. The number of halogens is 2. The van der Waals surface area contributed by atoms with Crippen molar-refractivity contribution in [3.63, 3.8) is 0 Å². The molecule has 1 amide bonds. The van der Waals surface area contributed by atoms with E-state index in [1.807, 2.05) is 12.1 Å². The number of amides is 1. The van der Waals surface area contributed by atoms with Gasteiger partial charge in [-0.15, -0.1) is 0 Å². The minimum Gasteiger partial charge on any atom is -0.490 e. The minimum absolute atomic E-state index is 0.224. The summed E-state index contributed by atoms with van der Waals surface area (Å²) >= 11 is 11.9. The highest BCUT2D eigenvalue weighted by atomic mass is 35.5. The summed E-state index contributed by atoms with van der Waals surface area (Å²) in [7, 11) is 0. The third kappa shape index (κ3) is 4.33. The van der Waals surface area contributed by atoms with Crippen molar-refractivity contribution in [2.45, 2.75) is 6.92 Å². The van der Waals surface area contributed by atoms with E-state index in [1.54, 1.807) is 48.4 Å². The SMILES string of the molecule is Cc1nn(-c2cccnc2)cc1C(=O)NCCOc1cc(Cl)ccc1Cl. The second-order valence-electron chi connectivity index (χ2n) is 5.46. The van der Waals surface area contributed by atoms with Gasteiger partial charge < -0.3 is 10.1 Å². The Kier molecular flexibility index (Phi) is 5.75. The summed E-state index contributed by atoms with van der Waals surface area (Å²) in [4.78, 5) is 16.4. The van der Waals surface area contributed by atoms with Crippen LogP contribution in [0.4, 0.5) is 0 Å². The van der Waals surface area contributed by atoms with Crippen LogP contribution >= 0.6 is 23.2 Å². The average Bonchev–Trinajstić information content (AvgIpc) is 3.04. The fourth-order valence-corrected chi connectivity index (χ4v) is 2.65. The van der Waals surface area contributed by atoms with E-state index in [4.69, 9.17) is 27.9 Å². The molecule has 3 rings (SSSR count). The summed E-state index contributed by atoms with van der Waals surface area (Å²) in [6.07, 6.45) is 5.03. The van der Waals surface area contributed by atoms with Crippen molar-refractivity contribution in [2.75, 3.05) is 13.2 Å². The Morgan fingerprint density at radius 1 is 1.31 bits per heavy atom. The molecule has 0 saturated carbocycles. The molecule has 0 radical (unpaired) electrons. The molecule has 8 heteroatoms. The lowest BCUT2D eigenvalue weighted by Crippen LogP contribution is -2.28. The normalized spacial score (nSPS) is 10.6. The minimum atomic E-state index is -0.224. The Balaban J connectivity index is 1.57. The van der Waals surface area contributed by atoms with Crippen LogP contribution in [0.25, 0.3) is 5.69 Å². The van der Waals surface area contributed by atoms with Crippen molar-refractivity contribution in [1.82, 2.24) is 20.1 Å². The van der Waals surface area contributed by atoms with E-state index in [1.165, 1.54) is 0 Å². The van der Waals surface area contributed by atoms with Gasteiger partial charge >= 0.3 is 0 Å². The van der Waals surface area contributed by atoms with Gasteiger partial charge in [0.15, 0.2) is 0 Å². The van der Waals surface area contributed by atoms with Crippen molar-refractivity contribution in [3.8, 4) is 11.4 Å². The number of pyridine rings is 1. The number of aromatic nitrogens is 3. The quantitative estimate of drug-likeness (QED) is 0.651. The van der Waals surface area contributed by atoms with Gasteiger partial charge in [-0.3, -0.25) is 9.78 Å². The highest BCUT2D eigenvalue weighted by Gasteiger charge is 2.14. The van der Waals surface area contributed by atoms with Gasteiger partial charge in [-0.05, 0) is 31.2 Å². The average molecular weight is 391 g/mol. The van der Waals surface area contributed by atoms with E-state index < -0.39 is 0 Å². The number of nitrogens with one attached hydrogen (secondary N) is 1. The monoisotopic (exact) mass is 390 g/mol. The smallest absolute Gasteiger partial charge is 0.254 e. The predicted octanol–water partition coefficient (Wildman–Crippen LogP) is 3.69. The maximum absolute atomic E-state index is 12.4. The highest BCUT2D eigenvalue weighted by molar-refractivity contribution is 6.34. The fourth-order valence-electron chi connectivity index (χ4n) is 2.31. The first kappa shape index (κ1) is 18.2. The Labute approximate surface area is 160 Å². The van der Waals surface area contributed by atoms with Gasteiger partial charge in [-0.2, -0.15) is 5.10 Å². The molecule has 2 heterocycles. The van der Waals surface area contributed by atoms with Crippen LogP contribution in [0.2, 0.25) is 10.0 Å². The first-order chi connectivity index (χ1) is 12.5. The van der Waals surface area contributed by atoms with Crippen LogP contribution in [0.15, 0.2) is 48.9 Å². The number of hydrogen-bond donors (Lipinski definition) is 1. The summed E-state index contributed by atoms with van der Waals surface area (Å²) in [5, 5.41) is 8.15. The van der Waals surface area contributed by atoms with Gasteiger partial charge in [0, 0.05) is 23.5 Å². The van der Waals surface area contributed by atoms with Crippen molar-refractivity contribution < 1.29 is 9.53 Å². The topological polar surface area (TPSA) is 69.0 Å². The summed E-state index contributed by atoms with van der Waals surface area (Å²) in [5.41, 5.74) is 1.91. The van der Waals surface area contributed by atoms with E-state index in [2.05, 4.69) is 15.4 Å². The zero-order chi connectivity index (χ0) is 18.5. The zero-order valence-electron chi connectivity index (χ0n) is 13.9. The molecule has 1 aromatic carbocycles. The van der Waals surface area contributed by atoms with Crippen LogP contribution in [-0.2, 0) is 0 Å². The molecule has 26 heavy (non-hydrogen) atoms. The molecule has 0 aliphatic heterocycles. The summed E-state index contributed by atoms with van der Waals surface area (Å²) < 4.78 is 7.17. The number of benzene rings is 1. The van der Waals surface area contributed by atoms with Crippen LogP contribution in [-0.4, -0.2) is 33.8 Å². The van der Waals surface area contributed by atoms with Gasteiger partial charge in [0.25, 0.3) is 5.91 Å². The van der Waals surface area contributed by atoms with Crippen LogP contribution in [0.5, 0.6) is 5.75 Å². The molecule has 2 aromatic heterocycles. The molecule has 0 bridgehead atoms. The van der Waals surface area contributed by atoms with E-state index in [9.17, 15) is 4.79 Å². The Morgan fingerprint density at radius 2 is 2.15 bits per heavy atom. The molecule has 3 aromatic rings. The molecule has 1 N–H and O–H groups in total. The lowest BCUT2D eigenvalue weighted by atomic mass is 10.2. The number of aryl methyl sites for hydroxylation is 1. The van der Waals surface area contributed by atoms with Crippen LogP contribution in [0.1, 0.15) is 16.1 Å². The molecule has 0 spiro atoms. The maximum atomic E-state index is 12.4. The Hall–Kier alpha value is -2.57. The van der Waals surface area contributed by atoms with Gasteiger partial charge in [-0.25, -0.2) is 4.68 Å². The Morgan fingerprint density at radius 3 is 2.92 bits per heavy atom. The van der Waals surface area contributed by atoms with Gasteiger partial charge in [-0.1, -0.05) is 23.2 Å². The second-order valence-corrected chi connectivity index (χ2v) is 6.31. The summed E-state index contributed by atoms with van der Waals surface area (Å²) in [6, 6.07) is 8.65. The van der Waals surface area contributed by atoms with Crippen LogP contribution < -0.4 is 10.1 Å². The number of ether oxygens (including phenoxy) is 1. The van der Waals surface area contributed by atoms with Crippen LogP contribution in [0, 0.1) is 6.92 Å². The third-order valence-electron chi connectivity index (χ3n) is 3.59. The zero-order valence-corrected chi connectivity index (χ0v) is 15.5. The number of rotatable bonds is 6. The maximum Gasteiger partial charge on any atom is 0.254 e. The summed E-state index contributed by atoms with van der Waals surface area (Å²) in [5.74, 6) is 0.257. The molecule has 0 aliphatic carbocycles. The number of carbonyl (C=O) groups excluding carboxylic acids is 1. The molecule has 0 unspecified atom stereocenters. The fraction of sp³-hybridized carbons (Fsp3) is 0.167. The van der Waals surface area contributed by atoms with E-state index in [0.717, 1.165) is 5.69 Å². The third-order valence-corrected chi connectivity index (χ3v) is 4.14. The molecule has 0 saturated heterocycles. The first-order valence-electron chi connectivity index (χ1n) is 7.87. The molecular weight excluding hydrogens is 375 g/mol. The van der Waals surface area contributed by atoms with E-state index in [0.29, 0.717) is 33.6 Å². The first-order valence-corrected chi connectivity index (χ1v) is 8.63. The Bertz CT molecular complexity index is 913. The summed E-state index contributed by atoms with van der Waals surface area (Å²) in [6.45, 7) is 2.37. The number of hydrogen-bond acceptors (Lipinski definition) is 4. The van der Waals surface area contributed by atoms with Crippen molar-refractivity contribution in [2.24, 2.45) is 0 Å². The second kappa shape index (κ2) is 8.21. The molecule has 0 fully saturated rings.